The molecule has 8 heteroatoms. The number of aromatic nitrogens is 2. The summed E-state index contributed by atoms with van der Waals surface area (Å²) >= 11 is 5.95. The Labute approximate surface area is 130 Å². The van der Waals surface area contributed by atoms with Crippen molar-refractivity contribution in [3.63, 3.8) is 0 Å². The number of anilines is 1. The fraction of sp³-hybridized carbons (Fsp3) is 0.615. The van der Waals surface area contributed by atoms with Crippen LogP contribution in [-0.4, -0.2) is 56.8 Å². The molecule has 21 heavy (non-hydrogen) atoms. The standard InChI is InChI=1S/C13H17ClN4O2S/c14-13-16-10-3-8-21(20)11(10)12(17-13)15-9-1-4-18(5-2-9)6-7-19/h7,9H,1-6,8H2,(H,15,16,17). The summed E-state index contributed by atoms with van der Waals surface area (Å²) < 4.78 is 12.1. The summed E-state index contributed by atoms with van der Waals surface area (Å²) in [5.41, 5.74) is 0.800. The zero-order valence-electron chi connectivity index (χ0n) is 11.5. The maximum absolute atomic E-state index is 12.1. The molecule has 0 bridgehead atoms. The zero-order chi connectivity index (χ0) is 14.8. The number of piperidine rings is 1. The Balaban J connectivity index is 1.72. The Bertz CT molecular complexity index is 576. The first-order valence-corrected chi connectivity index (χ1v) is 8.74. The van der Waals surface area contributed by atoms with E-state index in [0.29, 0.717) is 24.5 Å². The van der Waals surface area contributed by atoms with E-state index in [4.69, 9.17) is 11.6 Å². The number of carbonyl (C=O) groups excluding carboxylic acids is 1. The number of rotatable bonds is 4. The van der Waals surface area contributed by atoms with Crippen LogP contribution in [0.2, 0.25) is 5.28 Å². The molecule has 0 amide bonds. The molecule has 3 heterocycles. The van der Waals surface area contributed by atoms with Crippen LogP contribution in [-0.2, 0) is 22.0 Å². The van der Waals surface area contributed by atoms with Crippen LogP contribution in [0.5, 0.6) is 0 Å². The highest BCUT2D eigenvalue weighted by Crippen LogP contribution is 2.30. The van der Waals surface area contributed by atoms with Gasteiger partial charge in [0.1, 0.15) is 17.0 Å². The average molecular weight is 329 g/mol. The van der Waals surface area contributed by atoms with Gasteiger partial charge in [0.05, 0.1) is 23.0 Å². The lowest BCUT2D eigenvalue weighted by atomic mass is 10.1. The van der Waals surface area contributed by atoms with Gasteiger partial charge in [-0.15, -0.1) is 0 Å². The predicted molar refractivity (Wildman–Crippen MR) is 81.2 cm³/mol. The molecule has 2 aliphatic rings. The number of halogens is 1. The smallest absolute Gasteiger partial charge is 0.224 e. The Morgan fingerprint density at radius 1 is 1.38 bits per heavy atom. The van der Waals surface area contributed by atoms with Crippen LogP contribution in [0, 0.1) is 0 Å². The first-order valence-electron chi connectivity index (χ1n) is 7.04. The lowest BCUT2D eigenvalue weighted by Crippen LogP contribution is -2.40. The van der Waals surface area contributed by atoms with E-state index < -0.39 is 10.8 Å². The van der Waals surface area contributed by atoms with E-state index in [1.54, 1.807) is 0 Å². The average Bonchev–Trinajstić information content (AvgIpc) is 2.83. The molecule has 0 radical (unpaired) electrons. The van der Waals surface area contributed by atoms with Crippen molar-refractivity contribution in [2.45, 2.75) is 30.2 Å². The van der Waals surface area contributed by atoms with Gasteiger partial charge in [0, 0.05) is 31.3 Å². The van der Waals surface area contributed by atoms with Gasteiger partial charge in [-0.05, 0) is 24.4 Å². The molecule has 6 nitrogen and oxygen atoms in total. The highest BCUT2D eigenvalue weighted by Gasteiger charge is 2.27. The van der Waals surface area contributed by atoms with Gasteiger partial charge in [0.15, 0.2) is 0 Å². The molecule has 2 aliphatic heterocycles. The number of nitrogens with zero attached hydrogens (tertiary/aromatic N) is 3. The summed E-state index contributed by atoms with van der Waals surface area (Å²) in [5.74, 6) is 1.21. The predicted octanol–water partition coefficient (Wildman–Crippen LogP) is 0.869. The first kappa shape index (κ1) is 14.9. The van der Waals surface area contributed by atoms with Gasteiger partial charge in [-0.2, -0.15) is 4.98 Å². The minimum atomic E-state index is -1.03. The summed E-state index contributed by atoms with van der Waals surface area (Å²) in [4.78, 5) is 21.8. The molecule has 0 aromatic carbocycles. The maximum Gasteiger partial charge on any atom is 0.224 e. The molecule has 0 aliphatic carbocycles. The fourth-order valence-electron chi connectivity index (χ4n) is 2.82. The van der Waals surface area contributed by atoms with Crippen molar-refractivity contribution >= 4 is 34.5 Å². The third kappa shape index (κ3) is 3.25. The molecule has 1 saturated heterocycles. The number of nitrogens with one attached hydrogen (secondary N) is 1. The quantitative estimate of drug-likeness (QED) is 0.653. The molecular formula is C13H17ClN4O2S. The van der Waals surface area contributed by atoms with Crippen molar-refractivity contribution in [1.82, 2.24) is 14.9 Å². The number of likely N-dealkylation sites (tertiary alicyclic amines) is 1. The molecular weight excluding hydrogens is 312 g/mol. The topological polar surface area (TPSA) is 75.2 Å². The SMILES string of the molecule is O=CCN1CCC(Nc2nc(Cl)nc3c2S(=O)CC3)CC1. The van der Waals surface area contributed by atoms with Crippen LogP contribution in [0.3, 0.4) is 0 Å². The van der Waals surface area contributed by atoms with Crippen LogP contribution < -0.4 is 5.32 Å². The molecule has 1 aromatic rings. The largest absolute Gasteiger partial charge is 0.366 e. The summed E-state index contributed by atoms with van der Waals surface area (Å²) in [6, 6.07) is 0.264. The number of fused-ring (bicyclic) bond motifs is 1. The lowest BCUT2D eigenvalue weighted by Gasteiger charge is -2.31. The zero-order valence-corrected chi connectivity index (χ0v) is 13.1. The van der Waals surface area contributed by atoms with Gasteiger partial charge >= 0.3 is 0 Å². The summed E-state index contributed by atoms with van der Waals surface area (Å²) in [6.45, 7) is 2.24. The van der Waals surface area contributed by atoms with Crippen LogP contribution >= 0.6 is 11.6 Å². The van der Waals surface area contributed by atoms with Crippen molar-refractivity contribution in [2.24, 2.45) is 0 Å². The number of carbonyl (C=O) groups is 1. The van der Waals surface area contributed by atoms with Crippen molar-refractivity contribution in [1.29, 1.82) is 0 Å². The molecule has 3 rings (SSSR count). The molecule has 114 valence electrons. The molecule has 1 atom stereocenters. The van der Waals surface area contributed by atoms with E-state index in [-0.39, 0.29) is 11.3 Å². The molecule has 0 spiro atoms. The van der Waals surface area contributed by atoms with E-state index >= 15 is 0 Å². The Kier molecular flexibility index (Phi) is 4.51. The van der Waals surface area contributed by atoms with E-state index in [9.17, 15) is 9.00 Å². The molecule has 1 fully saturated rings. The molecule has 1 aromatic heterocycles. The number of hydrogen-bond acceptors (Lipinski definition) is 6. The number of aldehydes is 1. The second-order valence-corrected chi connectivity index (χ2v) is 7.15. The van der Waals surface area contributed by atoms with Gasteiger partial charge in [-0.25, -0.2) is 4.98 Å². The van der Waals surface area contributed by atoms with E-state index in [0.717, 1.165) is 42.8 Å². The Morgan fingerprint density at radius 3 is 2.86 bits per heavy atom. The van der Waals surface area contributed by atoms with Gasteiger partial charge in [0.2, 0.25) is 5.28 Å². The van der Waals surface area contributed by atoms with Gasteiger partial charge in [-0.1, -0.05) is 0 Å². The van der Waals surface area contributed by atoms with E-state index in [1.165, 1.54) is 0 Å². The van der Waals surface area contributed by atoms with Crippen LogP contribution in [0.1, 0.15) is 18.5 Å². The summed E-state index contributed by atoms with van der Waals surface area (Å²) in [6.07, 6.45) is 3.48. The lowest BCUT2D eigenvalue weighted by molar-refractivity contribution is -0.109. The highest BCUT2D eigenvalue weighted by molar-refractivity contribution is 7.85. The summed E-state index contributed by atoms with van der Waals surface area (Å²) in [7, 11) is -1.03. The number of aryl methyl sites for hydroxylation is 1. The van der Waals surface area contributed by atoms with Crippen molar-refractivity contribution in [2.75, 3.05) is 30.7 Å². The minimum absolute atomic E-state index is 0.202. The Hall–Kier alpha value is -1.05. The third-order valence-electron chi connectivity index (χ3n) is 3.92. The molecule has 1 unspecified atom stereocenters. The highest BCUT2D eigenvalue weighted by atomic mass is 35.5. The first-order chi connectivity index (χ1) is 10.2. The summed E-state index contributed by atoms with van der Waals surface area (Å²) in [5, 5.41) is 3.57. The van der Waals surface area contributed by atoms with E-state index in [2.05, 4.69) is 20.2 Å². The number of hydrogen-bond donors (Lipinski definition) is 1. The van der Waals surface area contributed by atoms with Gasteiger partial charge in [-0.3, -0.25) is 9.11 Å². The maximum atomic E-state index is 12.1. The monoisotopic (exact) mass is 328 g/mol. The van der Waals surface area contributed by atoms with Crippen molar-refractivity contribution in [3.8, 4) is 0 Å². The van der Waals surface area contributed by atoms with Crippen molar-refractivity contribution < 1.29 is 9.00 Å². The van der Waals surface area contributed by atoms with E-state index in [1.807, 2.05) is 0 Å². The van der Waals surface area contributed by atoms with Crippen LogP contribution in [0.25, 0.3) is 0 Å². The third-order valence-corrected chi connectivity index (χ3v) is 5.55. The normalized spacial score (nSPS) is 23.0. The van der Waals surface area contributed by atoms with Crippen LogP contribution in [0.15, 0.2) is 4.90 Å². The Morgan fingerprint density at radius 2 is 2.14 bits per heavy atom. The molecule has 0 saturated carbocycles. The second-order valence-electron chi connectivity index (χ2n) is 5.30. The van der Waals surface area contributed by atoms with Crippen molar-refractivity contribution in [3.05, 3.63) is 11.0 Å². The van der Waals surface area contributed by atoms with Crippen LogP contribution in [0.4, 0.5) is 5.82 Å². The van der Waals surface area contributed by atoms with Gasteiger partial charge < -0.3 is 10.1 Å². The minimum Gasteiger partial charge on any atom is -0.366 e. The second kappa shape index (κ2) is 6.37. The fourth-order valence-corrected chi connectivity index (χ4v) is 4.32. The molecule has 1 N–H and O–H groups in total. The van der Waals surface area contributed by atoms with Gasteiger partial charge in [0.25, 0.3) is 0 Å².